The maximum Gasteiger partial charge on any atom is 0.0805 e. The van der Waals surface area contributed by atoms with Crippen molar-refractivity contribution in [1.29, 1.82) is 0 Å². The van der Waals surface area contributed by atoms with Crippen LogP contribution in [0.15, 0.2) is 0 Å². The number of hydrogen-bond acceptors (Lipinski definition) is 2. The monoisotopic (exact) mass is 157 g/mol. The van der Waals surface area contributed by atoms with Crippen LogP contribution in [0.4, 0.5) is 0 Å². The van der Waals surface area contributed by atoms with Gasteiger partial charge < -0.3 is 10.1 Å². The average Bonchev–Trinajstić information content (AvgIpc) is 1.86. The van der Waals surface area contributed by atoms with Crippen LogP contribution in [-0.2, 0) is 4.74 Å². The van der Waals surface area contributed by atoms with Gasteiger partial charge in [-0.3, -0.25) is 0 Å². The molecular weight excluding hydrogens is 138 g/mol. The summed E-state index contributed by atoms with van der Waals surface area (Å²) in [6.07, 6.45) is 0.358. The van der Waals surface area contributed by atoms with Crippen LogP contribution < -0.4 is 5.32 Å². The molecule has 0 aromatic heterocycles. The summed E-state index contributed by atoms with van der Waals surface area (Å²) in [7, 11) is 0. The first-order chi connectivity index (χ1) is 5.04. The highest BCUT2D eigenvalue weighted by Crippen LogP contribution is 2.24. The van der Waals surface area contributed by atoms with Gasteiger partial charge in [-0.1, -0.05) is 13.8 Å². The van der Waals surface area contributed by atoms with E-state index in [1.807, 2.05) is 0 Å². The van der Waals surface area contributed by atoms with Crippen molar-refractivity contribution in [3.05, 3.63) is 0 Å². The van der Waals surface area contributed by atoms with Crippen LogP contribution in [0.3, 0.4) is 0 Å². The molecule has 1 heterocycles. The minimum Gasteiger partial charge on any atom is -0.369 e. The number of hydrogen-bond donors (Lipinski definition) is 1. The summed E-state index contributed by atoms with van der Waals surface area (Å²) in [5, 5.41) is 3.38. The van der Waals surface area contributed by atoms with Crippen molar-refractivity contribution in [2.24, 2.45) is 5.92 Å². The molecule has 0 unspecified atom stereocenters. The van der Waals surface area contributed by atoms with Crippen LogP contribution >= 0.6 is 0 Å². The third-order valence-electron chi connectivity index (χ3n) is 2.60. The first kappa shape index (κ1) is 9.01. The number of nitrogens with one attached hydrogen (secondary N) is 1. The molecule has 0 amide bonds. The fourth-order valence-corrected chi connectivity index (χ4v) is 1.41. The first-order valence-corrected chi connectivity index (χ1v) is 4.43. The minimum atomic E-state index is 0.0394. The van der Waals surface area contributed by atoms with E-state index in [1.165, 1.54) is 0 Å². The molecule has 0 aromatic rings. The van der Waals surface area contributed by atoms with Crippen molar-refractivity contribution < 1.29 is 4.74 Å². The summed E-state index contributed by atoms with van der Waals surface area (Å²) in [5.41, 5.74) is 0.0394. The van der Waals surface area contributed by atoms with Gasteiger partial charge in [-0.25, -0.2) is 0 Å². The summed E-state index contributed by atoms with van der Waals surface area (Å²) in [6, 6.07) is 0. The van der Waals surface area contributed by atoms with Crippen LogP contribution in [0.2, 0.25) is 0 Å². The second-order valence-electron chi connectivity index (χ2n) is 4.03. The number of ether oxygens (including phenoxy) is 1. The fourth-order valence-electron chi connectivity index (χ4n) is 1.41. The van der Waals surface area contributed by atoms with Gasteiger partial charge in [0, 0.05) is 13.1 Å². The van der Waals surface area contributed by atoms with Crippen molar-refractivity contribution in [2.75, 3.05) is 13.1 Å². The average molecular weight is 157 g/mol. The van der Waals surface area contributed by atoms with Crippen LogP contribution in [0.1, 0.15) is 27.7 Å². The van der Waals surface area contributed by atoms with E-state index in [2.05, 4.69) is 33.0 Å². The van der Waals surface area contributed by atoms with Crippen molar-refractivity contribution in [3.63, 3.8) is 0 Å². The number of morpholine rings is 1. The topological polar surface area (TPSA) is 21.3 Å². The van der Waals surface area contributed by atoms with Crippen LogP contribution in [-0.4, -0.2) is 24.8 Å². The smallest absolute Gasteiger partial charge is 0.0805 e. The lowest BCUT2D eigenvalue weighted by molar-refractivity contribution is -0.122. The summed E-state index contributed by atoms with van der Waals surface area (Å²) >= 11 is 0. The van der Waals surface area contributed by atoms with Gasteiger partial charge >= 0.3 is 0 Å². The molecule has 1 N–H and O–H groups in total. The molecule has 2 heteroatoms. The maximum atomic E-state index is 5.87. The van der Waals surface area contributed by atoms with E-state index in [-0.39, 0.29) is 5.60 Å². The van der Waals surface area contributed by atoms with Gasteiger partial charge in [-0.15, -0.1) is 0 Å². The zero-order valence-electron chi connectivity index (χ0n) is 7.98. The van der Waals surface area contributed by atoms with Crippen molar-refractivity contribution >= 4 is 0 Å². The second-order valence-corrected chi connectivity index (χ2v) is 4.03. The zero-order valence-corrected chi connectivity index (χ0v) is 7.98. The Bertz CT molecular complexity index is 136. The van der Waals surface area contributed by atoms with E-state index in [0.29, 0.717) is 12.0 Å². The molecule has 2 atom stereocenters. The Labute approximate surface area is 69.3 Å². The highest BCUT2D eigenvalue weighted by Gasteiger charge is 2.33. The molecule has 0 spiro atoms. The predicted molar refractivity (Wildman–Crippen MR) is 46.7 cm³/mol. The molecule has 0 aromatic carbocycles. The van der Waals surface area contributed by atoms with Gasteiger partial charge in [-0.05, 0) is 19.8 Å². The largest absolute Gasteiger partial charge is 0.369 e. The molecule has 1 saturated heterocycles. The third kappa shape index (κ3) is 1.94. The number of rotatable bonds is 1. The van der Waals surface area contributed by atoms with Gasteiger partial charge in [0.25, 0.3) is 0 Å². The second kappa shape index (κ2) is 3.11. The Balaban J connectivity index is 2.55. The minimum absolute atomic E-state index is 0.0394. The fraction of sp³-hybridized carbons (Fsp3) is 1.00. The standard InChI is InChI=1S/C9H19NO/c1-7(2)9(4)6-10-5-8(3)11-9/h7-8,10H,5-6H2,1-4H3/t8-,9+/m0/s1. The van der Waals surface area contributed by atoms with E-state index in [0.717, 1.165) is 13.1 Å². The Morgan fingerprint density at radius 1 is 1.55 bits per heavy atom. The highest BCUT2D eigenvalue weighted by atomic mass is 16.5. The first-order valence-electron chi connectivity index (χ1n) is 4.43. The van der Waals surface area contributed by atoms with Crippen LogP contribution in [0.5, 0.6) is 0 Å². The van der Waals surface area contributed by atoms with Gasteiger partial charge in [0.2, 0.25) is 0 Å². The Kier molecular flexibility index (Phi) is 2.55. The highest BCUT2D eigenvalue weighted by molar-refractivity contribution is 4.86. The molecule has 1 rings (SSSR count). The molecule has 1 fully saturated rings. The lowest BCUT2D eigenvalue weighted by Crippen LogP contribution is -2.54. The molecule has 0 bridgehead atoms. The molecule has 0 saturated carbocycles. The van der Waals surface area contributed by atoms with E-state index >= 15 is 0 Å². The Morgan fingerprint density at radius 2 is 2.18 bits per heavy atom. The SMILES string of the molecule is CC(C)[C@@]1(C)CNC[C@H](C)O1. The van der Waals surface area contributed by atoms with Gasteiger partial charge in [0.1, 0.15) is 0 Å². The Hall–Kier alpha value is -0.0800. The van der Waals surface area contributed by atoms with Gasteiger partial charge in [0.05, 0.1) is 11.7 Å². The molecular formula is C9H19NO. The molecule has 11 heavy (non-hydrogen) atoms. The molecule has 0 aliphatic carbocycles. The van der Waals surface area contributed by atoms with Gasteiger partial charge in [-0.2, -0.15) is 0 Å². The van der Waals surface area contributed by atoms with Crippen molar-refractivity contribution in [2.45, 2.75) is 39.4 Å². The van der Waals surface area contributed by atoms with E-state index in [4.69, 9.17) is 4.74 Å². The molecule has 2 nitrogen and oxygen atoms in total. The molecule has 0 radical (unpaired) electrons. The summed E-state index contributed by atoms with van der Waals surface area (Å²) in [6.45, 7) is 10.7. The zero-order chi connectivity index (χ0) is 8.48. The van der Waals surface area contributed by atoms with Gasteiger partial charge in [0.15, 0.2) is 0 Å². The summed E-state index contributed by atoms with van der Waals surface area (Å²) in [5.74, 6) is 0.581. The summed E-state index contributed by atoms with van der Waals surface area (Å²) < 4.78 is 5.87. The van der Waals surface area contributed by atoms with E-state index < -0.39 is 0 Å². The van der Waals surface area contributed by atoms with Crippen LogP contribution in [0.25, 0.3) is 0 Å². The van der Waals surface area contributed by atoms with E-state index in [1.54, 1.807) is 0 Å². The predicted octanol–water partition coefficient (Wildman–Crippen LogP) is 1.41. The van der Waals surface area contributed by atoms with Crippen molar-refractivity contribution in [1.82, 2.24) is 5.32 Å². The van der Waals surface area contributed by atoms with Crippen molar-refractivity contribution in [3.8, 4) is 0 Å². The maximum absolute atomic E-state index is 5.87. The normalized spacial score (nSPS) is 39.5. The Morgan fingerprint density at radius 3 is 2.55 bits per heavy atom. The third-order valence-corrected chi connectivity index (χ3v) is 2.60. The lowest BCUT2D eigenvalue weighted by Gasteiger charge is -2.41. The lowest BCUT2D eigenvalue weighted by atomic mass is 9.90. The molecule has 1 aliphatic heterocycles. The van der Waals surface area contributed by atoms with E-state index in [9.17, 15) is 0 Å². The molecule has 66 valence electrons. The summed E-state index contributed by atoms with van der Waals surface area (Å²) in [4.78, 5) is 0. The van der Waals surface area contributed by atoms with Crippen LogP contribution in [0, 0.1) is 5.92 Å². The quantitative estimate of drug-likeness (QED) is 0.621. The molecule has 1 aliphatic rings.